The zero-order valence-corrected chi connectivity index (χ0v) is 9.36. The average molecular weight is 210 g/mol. The molecule has 2 unspecified atom stereocenters. The van der Waals surface area contributed by atoms with Gasteiger partial charge in [-0.3, -0.25) is 9.59 Å². The number of ketones is 1. The molecular formula is C12H18O3. The molecule has 0 amide bonds. The molecule has 0 aromatic heterocycles. The molecule has 0 N–H and O–H groups in total. The largest absolute Gasteiger partial charge is 0.466 e. The zero-order valence-electron chi connectivity index (χ0n) is 9.36. The van der Waals surface area contributed by atoms with Gasteiger partial charge >= 0.3 is 5.97 Å². The molecule has 0 aliphatic heterocycles. The molecule has 0 bridgehead atoms. The molecule has 84 valence electrons. The number of Topliss-reactive ketones (excluding diaryl/α,β-unsaturated/α-hetero) is 1. The van der Waals surface area contributed by atoms with Gasteiger partial charge in [0.15, 0.2) is 0 Å². The van der Waals surface area contributed by atoms with E-state index < -0.39 is 5.97 Å². The topological polar surface area (TPSA) is 43.4 Å². The number of allylic oxidation sites excluding steroid dienone is 2. The van der Waals surface area contributed by atoms with E-state index in [4.69, 9.17) is 4.74 Å². The summed E-state index contributed by atoms with van der Waals surface area (Å²) in [6.07, 6.45) is 6.16. The van der Waals surface area contributed by atoms with E-state index in [-0.39, 0.29) is 18.1 Å². The highest BCUT2D eigenvalue weighted by molar-refractivity contribution is 5.96. The Labute approximate surface area is 90.5 Å². The van der Waals surface area contributed by atoms with E-state index in [9.17, 15) is 9.59 Å². The highest BCUT2D eigenvalue weighted by Gasteiger charge is 2.25. The van der Waals surface area contributed by atoms with Crippen molar-refractivity contribution in [2.45, 2.75) is 33.1 Å². The molecule has 3 nitrogen and oxygen atoms in total. The first kappa shape index (κ1) is 12.0. The molecule has 0 spiro atoms. The lowest BCUT2D eigenvalue weighted by atomic mass is 9.89. The number of hydrogen-bond acceptors (Lipinski definition) is 3. The Bertz CT molecular complexity index is 268. The van der Waals surface area contributed by atoms with E-state index in [1.807, 2.05) is 6.92 Å². The fraction of sp³-hybridized carbons (Fsp3) is 0.667. The van der Waals surface area contributed by atoms with E-state index in [1.54, 1.807) is 6.92 Å². The first-order valence-electron chi connectivity index (χ1n) is 5.50. The van der Waals surface area contributed by atoms with Gasteiger partial charge in [-0.25, -0.2) is 0 Å². The summed E-state index contributed by atoms with van der Waals surface area (Å²) in [4.78, 5) is 22.8. The van der Waals surface area contributed by atoms with E-state index in [2.05, 4.69) is 12.2 Å². The molecule has 0 saturated heterocycles. The average Bonchev–Trinajstić information content (AvgIpc) is 2.69. The van der Waals surface area contributed by atoms with Crippen LogP contribution in [0.2, 0.25) is 0 Å². The van der Waals surface area contributed by atoms with Crippen LogP contribution in [0, 0.1) is 11.8 Å². The fourth-order valence-electron chi connectivity index (χ4n) is 1.83. The predicted molar refractivity (Wildman–Crippen MR) is 57.3 cm³/mol. The lowest BCUT2D eigenvalue weighted by molar-refractivity contribution is -0.146. The van der Waals surface area contributed by atoms with Crippen LogP contribution in [0.15, 0.2) is 12.2 Å². The lowest BCUT2D eigenvalue weighted by Crippen LogP contribution is -2.22. The molecule has 2 atom stereocenters. The molecule has 1 aliphatic rings. The van der Waals surface area contributed by atoms with Gasteiger partial charge < -0.3 is 4.74 Å². The van der Waals surface area contributed by atoms with Gasteiger partial charge in [0, 0.05) is 5.92 Å². The third-order valence-corrected chi connectivity index (χ3v) is 2.82. The summed E-state index contributed by atoms with van der Waals surface area (Å²) < 4.78 is 4.75. The van der Waals surface area contributed by atoms with Crippen molar-refractivity contribution >= 4 is 11.8 Å². The van der Waals surface area contributed by atoms with Crippen molar-refractivity contribution in [1.29, 1.82) is 0 Å². The van der Waals surface area contributed by atoms with Crippen LogP contribution in [0.1, 0.15) is 33.1 Å². The van der Waals surface area contributed by atoms with Crippen LogP contribution >= 0.6 is 0 Å². The molecule has 1 rings (SSSR count). The second-order valence-corrected chi connectivity index (χ2v) is 3.91. The molecule has 0 aromatic carbocycles. The van der Waals surface area contributed by atoms with Gasteiger partial charge in [0.05, 0.1) is 6.61 Å². The maximum atomic E-state index is 11.7. The quantitative estimate of drug-likeness (QED) is 0.396. The van der Waals surface area contributed by atoms with Crippen molar-refractivity contribution in [3.8, 4) is 0 Å². The van der Waals surface area contributed by atoms with Crippen molar-refractivity contribution in [2.75, 3.05) is 6.61 Å². The van der Waals surface area contributed by atoms with Crippen LogP contribution in [0.4, 0.5) is 0 Å². The number of hydrogen-bond donors (Lipinski definition) is 0. The second kappa shape index (κ2) is 5.69. The Morgan fingerprint density at radius 1 is 1.53 bits per heavy atom. The summed E-state index contributed by atoms with van der Waals surface area (Å²) in [5.41, 5.74) is 0. The van der Waals surface area contributed by atoms with Gasteiger partial charge in [0.25, 0.3) is 0 Å². The normalized spacial score (nSPS) is 21.3. The summed E-state index contributed by atoms with van der Waals surface area (Å²) in [6, 6.07) is 0. The van der Waals surface area contributed by atoms with Crippen LogP contribution in [-0.2, 0) is 14.3 Å². The van der Waals surface area contributed by atoms with E-state index in [0.29, 0.717) is 12.5 Å². The van der Waals surface area contributed by atoms with E-state index in [0.717, 1.165) is 12.8 Å². The van der Waals surface area contributed by atoms with E-state index in [1.165, 1.54) is 0 Å². The van der Waals surface area contributed by atoms with Gasteiger partial charge in [-0.05, 0) is 25.7 Å². The van der Waals surface area contributed by atoms with E-state index >= 15 is 0 Å². The molecule has 3 heteroatoms. The van der Waals surface area contributed by atoms with Crippen LogP contribution < -0.4 is 0 Å². The van der Waals surface area contributed by atoms with Crippen LogP contribution in [0.3, 0.4) is 0 Å². The summed E-state index contributed by atoms with van der Waals surface area (Å²) in [5.74, 6) is -0.165. The molecule has 15 heavy (non-hydrogen) atoms. The highest BCUT2D eigenvalue weighted by atomic mass is 16.5. The third-order valence-electron chi connectivity index (χ3n) is 2.82. The number of carbonyl (C=O) groups is 2. The van der Waals surface area contributed by atoms with Crippen molar-refractivity contribution in [3.05, 3.63) is 12.2 Å². The molecule has 1 aliphatic carbocycles. The second-order valence-electron chi connectivity index (χ2n) is 3.91. The molecule has 0 aromatic rings. The van der Waals surface area contributed by atoms with Gasteiger partial charge in [-0.15, -0.1) is 0 Å². The third kappa shape index (κ3) is 3.50. The van der Waals surface area contributed by atoms with Crippen molar-refractivity contribution in [2.24, 2.45) is 11.8 Å². The summed E-state index contributed by atoms with van der Waals surface area (Å²) in [6.45, 7) is 3.97. The molecule has 0 heterocycles. The fourth-order valence-corrected chi connectivity index (χ4v) is 1.83. The van der Waals surface area contributed by atoms with Gasteiger partial charge in [-0.1, -0.05) is 19.1 Å². The molecule has 0 radical (unpaired) electrons. The number of carbonyl (C=O) groups excluding carboxylic acids is 2. The van der Waals surface area contributed by atoms with Gasteiger partial charge in [0.2, 0.25) is 0 Å². The van der Waals surface area contributed by atoms with Gasteiger partial charge in [0.1, 0.15) is 12.2 Å². The van der Waals surface area contributed by atoms with Crippen LogP contribution in [0.5, 0.6) is 0 Å². The minimum atomic E-state index is -0.406. The Morgan fingerprint density at radius 2 is 2.27 bits per heavy atom. The standard InChI is InChI=1S/C12H18O3/c1-3-15-12(14)8-11(13)9(2)10-6-4-5-7-10/h4,6,9-10H,3,5,7-8H2,1-2H3. The van der Waals surface area contributed by atoms with Crippen LogP contribution in [-0.4, -0.2) is 18.4 Å². The highest BCUT2D eigenvalue weighted by Crippen LogP contribution is 2.26. The monoisotopic (exact) mass is 210 g/mol. The van der Waals surface area contributed by atoms with Crippen molar-refractivity contribution in [3.63, 3.8) is 0 Å². The molecular weight excluding hydrogens is 192 g/mol. The maximum absolute atomic E-state index is 11.7. The molecule has 0 fully saturated rings. The Hall–Kier alpha value is -1.12. The zero-order chi connectivity index (χ0) is 11.3. The smallest absolute Gasteiger partial charge is 0.313 e. The predicted octanol–water partition coefficient (Wildman–Crippen LogP) is 2.11. The summed E-state index contributed by atoms with van der Waals surface area (Å²) in [7, 11) is 0. The molecule has 0 saturated carbocycles. The lowest BCUT2D eigenvalue weighted by Gasteiger charge is -2.15. The van der Waals surface area contributed by atoms with Crippen molar-refractivity contribution in [1.82, 2.24) is 0 Å². The number of rotatable bonds is 5. The summed E-state index contributed by atoms with van der Waals surface area (Å²) >= 11 is 0. The summed E-state index contributed by atoms with van der Waals surface area (Å²) in [5, 5.41) is 0. The Balaban J connectivity index is 2.38. The maximum Gasteiger partial charge on any atom is 0.313 e. The minimum absolute atomic E-state index is 0.00926. The van der Waals surface area contributed by atoms with Gasteiger partial charge in [-0.2, -0.15) is 0 Å². The number of esters is 1. The number of ether oxygens (including phenoxy) is 1. The minimum Gasteiger partial charge on any atom is -0.466 e. The first-order valence-corrected chi connectivity index (χ1v) is 5.50. The van der Waals surface area contributed by atoms with Crippen molar-refractivity contribution < 1.29 is 14.3 Å². The van der Waals surface area contributed by atoms with Crippen LogP contribution in [0.25, 0.3) is 0 Å². The Morgan fingerprint density at radius 3 is 2.80 bits per heavy atom. The first-order chi connectivity index (χ1) is 7.15. The Kier molecular flexibility index (Phi) is 4.53. The SMILES string of the molecule is CCOC(=O)CC(=O)C(C)C1C=CCC1.